The van der Waals surface area contributed by atoms with E-state index in [0.29, 0.717) is 47.6 Å². The molecule has 15 heteroatoms. The van der Waals surface area contributed by atoms with Crippen molar-refractivity contribution in [1.29, 1.82) is 0 Å². The lowest BCUT2D eigenvalue weighted by molar-refractivity contribution is -0.131. The highest BCUT2D eigenvalue weighted by molar-refractivity contribution is 7.91. The fraction of sp³-hybridized carbons (Fsp3) is 0.486. The minimum Gasteiger partial charge on any atom is -0.497 e. The first kappa shape index (κ1) is 35.5. The molecule has 4 atom stereocenters. The van der Waals surface area contributed by atoms with Crippen molar-refractivity contribution in [2.24, 2.45) is 5.92 Å². The van der Waals surface area contributed by atoms with Crippen LogP contribution in [0.15, 0.2) is 48.6 Å². The van der Waals surface area contributed by atoms with Gasteiger partial charge in [-0.15, -0.1) is 0 Å². The van der Waals surface area contributed by atoms with E-state index in [9.17, 15) is 22.8 Å². The van der Waals surface area contributed by atoms with Crippen LogP contribution in [0.2, 0.25) is 0 Å². The van der Waals surface area contributed by atoms with Crippen molar-refractivity contribution >= 4 is 38.8 Å². The van der Waals surface area contributed by atoms with Crippen LogP contribution in [0.4, 0.5) is 4.79 Å². The number of hydrogen-bond donors (Lipinski definition) is 2. The van der Waals surface area contributed by atoms with Gasteiger partial charge in [-0.05, 0) is 81.8 Å². The number of nitrogens with zero attached hydrogens (tertiary/aromatic N) is 4. The molecule has 52 heavy (non-hydrogen) atoms. The van der Waals surface area contributed by atoms with Gasteiger partial charge >= 0.3 is 6.03 Å². The Labute approximate surface area is 302 Å². The van der Waals surface area contributed by atoms with Crippen LogP contribution in [-0.4, -0.2) is 103 Å². The molecule has 0 unspecified atom stereocenters. The number of benzene rings is 2. The molecule has 2 aliphatic heterocycles. The van der Waals surface area contributed by atoms with Gasteiger partial charge in [0.25, 0.3) is 5.91 Å². The van der Waals surface area contributed by atoms with Crippen molar-refractivity contribution in [3.05, 3.63) is 54.1 Å². The summed E-state index contributed by atoms with van der Waals surface area (Å²) in [6.45, 7) is 2.49. The number of nitrogens with one attached hydrogen (secondary N) is 2. The lowest BCUT2D eigenvalue weighted by Crippen LogP contribution is -2.57. The minimum absolute atomic E-state index is 0.0817. The molecule has 0 radical (unpaired) electrons. The Morgan fingerprint density at radius 3 is 2.52 bits per heavy atom. The molecule has 1 aromatic heterocycles. The van der Waals surface area contributed by atoms with Crippen LogP contribution in [0.25, 0.3) is 22.3 Å². The van der Waals surface area contributed by atoms with E-state index >= 15 is 0 Å². The summed E-state index contributed by atoms with van der Waals surface area (Å²) < 4.78 is 45.3. The molecule has 2 aliphatic carbocycles. The van der Waals surface area contributed by atoms with Gasteiger partial charge in [-0.2, -0.15) is 4.98 Å². The van der Waals surface area contributed by atoms with Gasteiger partial charge in [0, 0.05) is 37.1 Å². The van der Waals surface area contributed by atoms with E-state index in [1.165, 1.54) is 4.90 Å². The molecule has 2 saturated carbocycles. The topological polar surface area (TPSA) is 169 Å². The monoisotopic (exact) mass is 732 g/mol. The van der Waals surface area contributed by atoms with Gasteiger partial charge in [0.05, 0.1) is 36.9 Å². The number of sulfonamides is 1. The SMILES string of the molecule is COc1ccc(-c2nc(O[C@@H]3C[C@H]4C(=O)N[C@]5(C(=O)NS(=O)(=O)C6CC6)C[C@H]5/C=C\CCCCN(C)C(=O)N4C3)c3ccc(OC)c(C)c3n2)cc1. The zero-order chi connectivity index (χ0) is 36.8. The van der Waals surface area contributed by atoms with Crippen molar-refractivity contribution in [2.45, 2.75) is 74.8 Å². The fourth-order valence-electron chi connectivity index (χ4n) is 7.12. The number of methoxy groups -OCH3 is 2. The molecule has 2 aromatic carbocycles. The molecular formula is C37H44N6O8S. The highest BCUT2D eigenvalue weighted by Crippen LogP contribution is 2.46. The zero-order valence-corrected chi connectivity index (χ0v) is 30.6. The lowest BCUT2D eigenvalue weighted by atomic mass is 10.1. The maximum absolute atomic E-state index is 14.2. The molecule has 0 spiro atoms. The van der Waals surface area contributed by atoms with Crippen LogP contribution in [0.5, 0.6) is 17.4 Å². The molecule has 276 valence electrons. The predicted molar refractivity (Wildman–Crippen MR) is 192 cm³/mol. The van der Waals surface area contributed by atoms with Crippen LogP contribution in [-0.2, 0) is 19.6 Å². The average Bonchev–Trinajstić information content (AvgIpc) is 4.06. The van der Waals surface area contributed by atoms with Gasteiger partial charge in [0.2, 0.25) is 21.8 Å². The Hall–Kier alpha value is -4.92. The second-order valence-corrected chi connectivity index (χ2v) is 16.0. The third-order valence-electron chi connectivity index (χ3n) is 10.5. The van der Waals surface area contributed by atoms with E-state index in [2.05, 4.69) is 10.0 Å². The number of aromatic nitrogens is 2. The maximum atomic E-state index is 14.2. The molecule has 0 bridgehead atoms. The van der Waals surface area contributed by atoms with E-state index in [0.717, 1.165) is 30.4 Å². The molecule has 2 N–H and O–H groups in total. The van der Waals surface area contributed by atoms with Crippen LogP contribution < -0.4 is 24.2 Å². The van der Waals surface area contributed by atoms with Gasteiger partial charge < -0.3 is 29.3 Å². The van der Waals surface area contributed by atoms with E-state index in [4.69, 9.17) is 24.2 Å². The molecule has 4 amide bonds. The molecule has 3 aromatic rings. The molecular weight excluding hydrogens is 689 g/mol. The number of hydrogen-bond acceptors (Lipinski definition) is 10. The van der Waals surface area contributed by atoms with Crippen LogP contribution in [0.1, 0.15) is 50.5 Å². The van der Waals surface area contributed by atoms with Crippen molar-refractivity contribution in [3.8, 4) is 28.8 Å². The highest BCUT2D eigenvalue weighted by atomic mass is 32.2. The summed E-state index contributed by atoms with van der Waals surface area (Å²) in [5.74, 6) is 0.351. The third kappa shape index (κ3) is 6.85. The number of rotatable bonds is 8. The third-order valence-corrected chi connectivity index (χ3v) is 12.3. The summed E-state index contributed by atoms with van der Waals surface area (Å²) in [6, 6.07) is 9.65. The van der Waals surface area contributed by atoms with E-state index < -0.39 is 44.8 Å². The number of urea groups is 1. The first-order chi connectivity index (χ1) is 24.9. The summed E-state index contributed by atoms with van der Waals surface area (Å²) in [4.78, 5) is 54.5. The molecule has 3 heterocycles. The standard InChI is InChI=1S/C37H44N6O8S/c1-22-30(50-4)17-16-28-31(22)38-32(23-10-12-25(49-3)13-11-23)39-34(28)51-26-19-29-33(44)40-37(35(45)41-52(47,48)27-14-15-27)20-24(37)9-7-5-6-8-18-42(2)36(46)43(29)21-26/h7,9-13,16-17,24,26-27,29H,5-6,8,14-15,18-21H2,1-4H3,(H,40,44)(H,41,45)/b9-7-/t24-,26-,29+,37-/m1/s1. The van der Waals surface area contributed by atoms with E-state index in [-0.39, 0.29) is 37.2 Å². The van der Waals surface area contributed by atoms with Crippen molar-refractivity contribution in [1.82, 2.24) is 29.8 Å². The number of ether oxygens (including phenoxy) is 3. The summed E-state index contributed by atoms with van der Waals surface area (Å²) >= 11 is 0. The number of amides is 4. The predicted octanol–water partition coefficient (Wildman–Crippen LogP) is 3.72. The van der Waals surface area contributed by atoms with Crippen molar-refractivity contribution < 1.29 is 37.0 Å². The maximum Gasteiger partial charge on any atom is 0.320 e. The van der Waals surface area contributed by atoms with Gasteiger partial charge in [-0.1, -0.05) is 12.2 Å². The van der Waals surface area contributed by atoms with Crippen LogP contribution in [0, 0.1) is 12.8 Å². The quantitative estimate of drug-likeness (QED) is 0.326. The Morgan fingerprint density at radius 1 is 1.04 bits per heavy atom. The van der Waals surface area contributed by atoms with Gasteiger partial charge in [0.1, 0.15) is 29.2 Å². The molecule has 1 saturated heterocycles. The summed E-state index contributed by atoms with van der Waals surface area (Å²) in [5, 5.41) is 2.94. The number of carbonyl (C=O) groups is 3. The summed E-state index contributed by atoms with van der Waals surface area (Å²) in [7, 11) is 1.04. The Bertz CT molecular complexity index is 2040. The number of carbonyl (C=O) groups excluding carboxylic acids is 3. The van der Waals surface area contributed by atoms with Crippen LogP contribution >= 0.6 is 0 Å². The second-order valence-electron chi connectivity index (χ2n) is 14.1. The lowest BCUT2D eigenvalue weighted by Gasteiger charge is -2.30. The second kappa shape index (κ2) is 13.9. The normalized spacial score (nSPS) is 25.7. The highest BCUT2D eigenvalue weighted by Gasteiger charge is 2.62. The number of allylic oxidation sites excluding steroid dienone is 1. The number of fused-ring (bicyclic) bond motifs is 3. The van der Waals surface area contributed by atoms with Gasteiger partial charge in [-0.25, -0.2) is 18.2 Å². The van der Waals surface area contributed by atoms with E-state index in [1.807, 2.05) is 55.5 Å². The molecule has 14 nitrogen and oxygen atoms in total. The van der Waals surface area contributed by atoms with Crippen molar-refractivity contribution in [2.75, 3.05) is 34.4 Å². The Morgan fingerprint density at radius 2 is 1.81 bits per heavy atom. The fourth-order valence-corrected chi connectivity index (χ4v) is 8.48. The minimum atomic E-state index is -3.85. The molecule has 7 rings (SSSR count). The summed E-state index contributed by atoms with van der Waals surface area (Å²) in [5.41, 5.74) is 0.713. The zero-order valence-electron chi connectivity index (χ0n) is 29.8. The van der Waals surface area contributed by atoms with E-state index in [1.54, 1.807) is 26.2 Å². The molecule has 3 fully saturated rings. The van der Waals surface area contributed by atoms with Gasteiger partial charge in [-0.3, -0.25) is 14.3 Å². The Kier molecular flexibility index (Phi) is 9.48. The van der Waals surface area contributed by atoms with Gasteiger partial charge in [0.15, 0.2) is 5.82 Å². The number of aryl methyl sites for hydroxylation is 1. The summed E-state index contributed by atoms with van der Waals surface area (Å²) in [6.07, 6.45) is 6.85. The van der Waals surface area contributed by atoms with Crippen LogP contribution in [0.3, 0.4) is 0 Å². The Balaban J connectivity index is 1.21. The largest absolute Gasteiger partial charge is 0.497 e. The smallest absolute Gasteiger partial charge is 0.320 e. The molecule has 4 aliphatic rings. The first-order valence-corrected chi connectivity index (χ1v) is 19.2. The first-order valence-electron chi connectivity index (χ1n) is 17.7. The van der Waals surface area contributed by atoms with Crippen molar-refractivity contribution in [3.63, 3.8) is 0 Å². The average molecular weight is 733 g/mol.